The number of rotatable bonds is 4. The van der Waals surface area contributed by atoms with Gasteiger partial charge in [-0.2, -0.15) is 0 Å². The molecule has 4 heteroatoms. The molecule has 4 aliphatic carbocycles. The fraction of sp³-hybridized carbons (Fsp3) is 0.944. The van der Waals surface area contributed by atoms with E-state index in [0.29, 0.717) is 18.5 Å². The van der Waals surface area contributed by atoms with Gasteiger partial charge < -0.3 is 10.4 Å². The molecule has 5 aliphatic rings. The Hall–Kier alpha value is -0.610. The number of likely N-dealkylation sites (tertiary alicyclic amines) is 1. The van der Waals surface area contributed by atoms with Crippen LogP contribution in [-0.4, -0.2) is 47.7 Å². The maximum atomic E-state index is 12.5. The third-order valence-corrected chi connectivity index (χ3v) is 6.91. The lowest BCUT2D eigenvalue weighted by Crippen LogP contribution is -2.57. The van der Waals surface area contributed by atoms with Gasteiger partial charge in [-0.25, -0.2) is 0 Å². The molecule has 22 heavy (non-hydrogen) atoms. The van der Waals surface area contributed by atoms with Crippen LogP contribution in [0.4, 0.5) is 0 Å². The van der Waals surface area contributed by atoms with Crippen molar-refractivity contribution in [2.24, 2.45) is 29.6 Å². The molecule has 0 aromatic carbocycles. The second-order valence-corrected chi connectivity index (χ2v) is 8.55. The van der Waals surface area contributed by atoms with E-state index in [1.807, 2.05) is 6.92 Å². The molecule has 0 aromatic heterocycles. The van der Waals surface area contributed by atoms with Gasteiger partial charge in [-0.1, -0.05) is 0 Å². The Kier molecular flexibility index (Phi) is 3.93. The van der Waals surface area contributed by atoms with Crippen LogP contribution in [-0.2, 0) is 4.79 Å². The Balaban J connectivity index is 1.30. The molecule has 4 saturated carbocycles. The summed E-state index contributed by atoms with van der Waals surface area (Å²) in [6.07, 6.45) is 7.64. The molecule has 1 amide bonds. The predicted octanol–water partition coefficient (Wildman–Crippen LogP) is 1.63. The first-order valence-electron chi connectivity index (χ1n) is 9.28. The normalized spacial score (nSPS) is 45.2. The zero-order chi connectivity index (χ0) is 15.3. The molecule has 0 spiro atoms. The Morgan fingerprint density at radius 1 is 1.18 bits per heavy atom. The SMILES string of the molecule is CC(O)C1CCN(CC(=O)NC2C3CC4CC(C3)CC2C4)C1. The van der Waals surface area contributed by atoms with Gasteiger partial charge in [-0.05, 0) is 81.6 Å². The summed E-state index contributed by atoms with van der Waals surface area (Å²) in [5.41, 5.74) is 0. The second-order valence-electron chi connectivity index (χ2n) is 8.55. The lowest BCUT2D eigenvalue weighted by Gasteiger charge is -2.54. The minimum absolute atomic E-state index is 0.212. The number of carbonyl (C=O) groups is 1. The predicted molar refractivity (Wildman–Crippen MR) is 85.2 cm³/mol. The van der Waals surface area contributed by atoms with Crippen LogP contribution < -0.4 is 5.32 Å². The minimum atomic E-state index is -0.252. The van der Waals surface area contributed by atoms with Crippen LogP contribution in [0.1, 0.15) is 45.4 Å². The highest BCUT2D eigenvalue weighted by Crippen LogP contribution is 2.53. The highest BCUT2D eigenvalue weighted by atomic mass is 16.3. The number of aliphatic hydroxyl groups excluding tert-OH is 1. The summed E-state index contributed by atoms with van der Waals surface area (Å²) in [6, 6.07) is 0.454. The largest absolute Gasteiger partial charge is 0.393 e. The van der Waals surface area contributed by atoms with Gasteiger partial charge in [0.15, 0.2) is 0 Å². The van der Waals surface area contributed by atoms with Crippen LogP contribution in [0.5, 0.6) is 0 Å². The Morgan fingerprint density at radius 2 is 1.82 bits per heavy atom. The molecule has 5 rings (SSSR count). The molecule has 124 valence electrons. The molecular weight excluding hydrogens is 276 g/mol. The van der Waals surface area contributed by atoms with Crippen LogP contribution in [0, 0.1) is 29.6 Å². The average Bonchev–Trinajstić information content (AvgIpc) is 2.90. The van der Waals surface area contributed by atoms with Crippen LogP contribution in [0.15, 0.2) is 0 Å². The van der Waals surface area contributed by atoms with Gasteiger partial charge in [0.25, 0.3) is 0 Å². The first kappa shape index (κ1) is 14.9. The summed E-state index contributed by atoms with van der Waals surface area (Å²) in [6.45, 7) is 4.20. The van der Waals surface area contributed by atoms with E-state index in [0.717, 1.165) is 43.2 Å². The van der Waals surface area contributed by atoms with Crippen molar-refractivity contribution >= 4 is 5.91 Å². The molecule has 4 bridgehead atoms. The van der Waals surface area contributed by atoms with Crippen molar-refractivity contribution in [2.75, 3.05) is 19.6 Å². The fourth-order valence-electron chi connectivity index (χ4n) is 6.00. The summed E-state index contributed by atoms with van der Waals surface area (Å²) in [7, 11) is 0. The molecule has 1 aliphatic heterocycles. The monoisotopic (exact) mass is 306 g/mol. The molecule has 4 nitrogen and oxygen atoms in total. The molecule has 2 N–H and O–H groups in total. The molecule has 5 fully saturated rings. The van der Waals surface area contributed by atoms with Crippen molar-refractivity contribution in [3.05, 3.63) is 0 Å². The zero-order valence-electron chi connectivity index (χ0n) is 13.7. The van der Waals surface area contributed by atoms with E-state index in [4.69, 9.17) is 0 Å². The molecule has 2 unspecified atom stereocenters. The number of hydrogen-bond donors (Lipinski definition) is 2. The molecule has 0 aromatic rings. The summed E-state index contributed by atoms with van der Waals surface area (Å²) in [5.74, 6) is 3.98. The summed E-state index contributed by atoms with van der Waals surface area (Å²) < 4.78 is 0. The van der Waals surface area contributed by atoms with Crippen LogP contribution in [0.3, 0.4) is 0 Å². The van der Waals surface area contributed by atoms with E-state index in [1.54, 1.807) is 0 Å². The smallest absolute Gasteiger partial charge is 0.234 e. The van der Waals surface area contributed by atoms with E-state index in [9.17, 15) is 9.90 Å². The quantitative estimate of drug-likeness (QED) is 0.830. The van der Waals surface area contributed by atoms with E-state index in [2.05, 4.69) is 10.2 Å². The van der Waals surface area contributed by atoms with Crippen LogP contribution in [0.2, 0.25) is 0 Å². The van der Waals surface area contributed by atoms with E-state index < -0.39 is 0 Å². The summed E-state index contributed by atoms with van der Waals surface area (Å²) in [5, 5.41) is 13.1. The molecule has 1 heterocycles. The number of carbonyl (C=O) groups excluding carboxylic acids is 1. The average molecular weight is 306 g/mol. The molecule has 2 atom stereocenters. The van der Waals surface area contributed by atoms with Gasteiger partial charge in [-0.3, -0.25) is 9.69 Å². The fourth-order valence-corrected chi connectivity index (χ4v) is 6.00. The van der Waals surface area contributed by atoms with Crippen molar-refractivity contribution in [1.29, 1.82) is 0 Å². The number of amides is 1. The zero-order valence-corrected chi connectivity index (χ0v) is 13.7. The molecular formula is C18H30N2O2. The maximum Gasteiger partial charge on any atom is 0.234 e. The first-order chi connectivity index (χ1) is 10.6. The van der Waals surface area contributed by atoms with Crippen molar-refractivity contribution < 1.29 is 9.90 Å². The van der Waals surface area contributed by atoms with Crippen molar-refractivity contribution in [2.45, 2.75) is 57.6 Å². The highest BCUT2D eigenvalue weighted by molar-refractivity contribution is 5.78. The van der Waals surface area contributed by atoms with Crippen LogP contribution >= 0.6 is 0 Å². The van der Waals surface area contributed by atoms with Gasteiger partial charge >= 0.3 is 0 Å². The van der Waals surface area contributed by atoms with Crippen LogP contribution in [0.25, 0.3) is 0 Å². The van der Waals surface area contributed by atoms with E-state index in [-0.39, 0.29) is 12.0 Å². The van der Waals surface area contributed by atoms with Gasteiger partial charge in [0.2, 0.25) is 5.91 Å². The molecule has 0 radical (unpaired) electrons. The van der Waals surface area contributed by atoms with Crippen molar-refractivity contribution in [3.8, 4) is 0 Å². The lowest BCUT2D eigenvalue weighted by molar-refractivity contribution is -0.126. The molecule has 1 saturated heterocycles. The third kappa shape index (κ3) is 2.80. The number of aliphatic hydroxyl groups is 1. The van der Waals surface area contributed by atoms with Crippen molar-refractivity contribution in [3.63, 3.8) is 0 Å². The highest BCUT2D eigenvalue weighted by Gasteiger charge is 2.48. The standard InChI is InChI=1S/C18H30N2O2/c1-11(21)14-2-3-20(9-14)10-17(22)19-18-15-5-12-4-13(7-15)8-16(18)6-12/h11-16,18,21H,2-10H2,1H3,(H,19,22). The minimum Gasteiger partial charge on any atom is -0.393 e. The third-order valence-electron chi connectivity index (χ3n) is 6.91. The Labute approximate surface area is 133 Å². The number of nitrogens with zero attached hydrogens (tertiary/aromatic N) is 1. The summed E-state index contributed by atoms with van der Waals surface area (Å²) >= 11 is 0. The summed E-state index contributed by atoms with van der Waals surface area (Å²) in [4.78, 5) is 14.7. The lowest BCUT2D eigenvalue weighted by atomic mass is 9.54. The van der Waals surface area contributed by atoms with Crippen molar-refractivity contribution in [1.82, 2.24) is 10.2 Å². The Morgan fingerprint density at radius 3 is 2.36 bits per heavy atom. The number of hydrogen-bond acceptors (Lipinski definition) is 3. The Bertz CT molecular complexity index is 409. The van der Waals surface area contributed by atoms with E-state index >= 15 is 0 Å². The second kappa shape index (κ2) is 5.79. The van der Waals surface area contributed by atoms with Gasteiger partial charge in [0.1, 0.15) is 0 Å². The maximum absolute atomic E-state index is 12.5. The van der Waals surface area contributed by atoms with E-state index in [1.165, 1.54) is 32.1 Å². The van der Waals surface area contributed by atoms with Gasteiger partial charge in [-0.15, -0.1) is 0 Å². The van der Waals surface area contributed by atoms with Gasteiger partial charge in [0, 0.05) is 12.6 Å². The number of nitrogens with one attached hydrogen (secondary N) is 1. The topological polar surface area (TPSA) is 52.6 Å². The first-order valence-corrected chi connectivity index (χ1v) is 9.28. The van der Waals surface area contributed by atoms with Gasteiger partial charge in [0.05, 0.1) is 12.6 Å².